The van der Waals surface area contributed by atoms with Crippen LogP contribution in [0.3, 0.4) is 0 Å². The number of carbonyl (C=O) groups excluding carboxylic acids is 1. The van der Waals surface area contributed by atoms with Crippen LogP contribution >= 0.6 is 22.7 Å². The molecule has 0 bridgehead atoms. The second-order valence-electron chi connectivity index (χ2n) is 4.51. The maximum Gasteiger partial charge on any atom is 0.282 e. The summed E-state index contributed by atoms with van der Waals surface area (Å²) in [6.07, 6.45) is 0. The third-order valence-electron chi connectivity index (χ3n) is 2.84. The van der Waals surface area contributed by atoms with Gasteiger partial charge in [0.25, 0.3) is 5.91 Å². The van der Waals surface area contributed by atoms with Gasteiger partial charge in [-0.1, -0.05) is 11.3 Å². The minimum absolute atomic E-state index is 0.0288. The summed E-state index contributed by atoms with van der Waals surface area (Å²) in [6.45, 7) is 8.87. The number of rotatable bonds is 5. The predicted octanol–water partition coefficient (Wildman–Crippen LogP) is 3.14. The number of carbonyl (C=O) groups is 1. The Hall–Kier alpha value is -1.47. The van der Waals surface area contributed by atoms with E-state index in [-0.39, 0.29) is 11.9 Å². The molecule has 108 valence electrons. The van der Waals surface area contributed by atoms with Crippen LogP contribution in [0.1, 0.15) is 45.0 Å². The molecule has 0 aliphatic rings. The highest BCUT2D eigenvalue weighted by molar-refractivity contribution is 7.17. The van der Waals surface area contributed by atoms with Crippen molar-refractivity contribution < 1.29 is 4.79 Å². The lowest BCUT2D eigenvalue weighted by atomic mass is 10.1. The molecule has 2 rings (SSSR count). The van der Waals surface area contributed by atoms with Crippen LogP contribution in [-0.2, 0) is 0 Å². The molecule has 2 aromatic heterocycles. The van der Waals surface area contributed by atoms with Crippen molar-refractivity contribution in [2.24, 2.45) is 0 Å². The molecule has 0 saturated heterocycles. The maximum absolute atomic E-state index is 12.1. The first-order chi connectivity index (χ1) is 9.51. The summed E-state index contributed by atoms with van der Waals surface area (Å²) in [7, 11) is 0. The van der Waals surface area contributed by atoms with Crippen LogP contribution in [-0.4, -0.2) is 22.6 Å². The van der Waals surface area contributed by atoms with Crippen LogP contribution in [0.25, 0.3) is 0 Å². The summed E-state index contributed by atoms with van der Waals surface area (Å²) in [4.78, 5) is 14.6. The van der Waals surface area contributed by atoms with Gasteiger partial charge in [-0.05, 0) is 39.3 Å². The van der Waals surface area contributed by atoms with E-state index >= 15 is 0 Å². The molecule has 1 unspecified atom stereocenters. The molecule has 5 nitrogen and oxygen atoms in total. The molecule has 1 atom stereocenters. The third-order valence-corrected chi connectivity index (χ3v) is 4.70. The smallest absolute Gasteiger partial charge is 0.282 e. The Morgan fingerprint density at radius 2 is 2.10 bits per heavy atom. The highest BCUT2D eigenvalue weighted by Crippen LogP contribution is 2.26. The second kappa shape index (κ2) is 6.32. The second-order valence-corrected chi connectivity index (χ2v) is 6.94. The lowest BCUT2D eigenvalue weighted by molar-refractivity contribution is 0.0939. The molecule has 2 N–H and O–H groups in total. The van der Waals surface area contributed by atoms with E-state index in [0.29, 0.717) is 10.1 Å². The molecule has 0 aliphatic heterocycles. The van der Waals surface area contributed by atoms with E-state index in [2.05, 4.69) is 40.7 Å². The summed E-state index contributed by atoms with van der Waals surface area (Å²) in [6, 6.07) is 2.09. The highest BCUT2D eigenvalue weighted by Gasteiger charge is 2.18. The molecule has 0 aromatic carbocycles. The first-order valence-corrected chi connectivity index (χ1v) is 8.09. The normalized spacial score (nSPS) is 12.2. The minimum Gasteiger partial charge on any atom is -0.360 e. The SMILES string of the molecule is CCNc1nnc(C(=O)NC(C)c2cc(C)sc2C)s1. The van der Waals surface area contributed by atoms with Crippen LogP contribution in [0, 0.1) is 13.8 Å². The van der Waals surface area contributed by atoms with Crippen LogP contribution < -0.4 is 10.6 Å². The molecule has 0 spiro atoms. The largest absolute Gasteiger partial charge is 0.360 e. The summed E-state index contributed by atoms with van der Waals surface area (Å²) in [5, 5.41) is 14.9. The van der Waals surface area contributed by atoms with Crippen LogP contribution in [0.4, 0.5) is 5.13 Å². The fourth-order valence-corrected chi connectivity index (χ4v) is 3.69. The van der Waals surface area contributed by atoms with Gasteiger partial charge in [-0.2, -0.15) is 0 Å². The van der Waals surface area contributed by atoms with Gasteiger partial charge >= 0.3 is 0 Å². The standard InChI is InChI=1S/C13H18N4OS2/c1-5-14-13-17-16-12(20-13)11(18)15-8(3)10-6-7(2)19-9(10)4/h6,8H,5H2,1-4H3,(H,14,17)(H,15,18). The monoisotopic (exact) mass is 310 g/mol. The highest BCUT2D eigenvalue weighted by atomic mass is 32.1. The van der Waals surface area contributed by atoms with E-state index < -0.39 is 0 Å². The van der Waals surface area contributed by atoms with Crippen molar-refractivity contribution >= 4 is 33.7 Å². The van der Waals surface area contributed by atoms with E-state index in [1.807, 2.05) is 13.8 Å². The van der Waals surface area contributed by atoms with Gasteiger partial charge in [0.2, 0.25) is 10.1 Å². The Morgan fingerprint density at radius 1 is 1.35 bits per heavy atom. The van der Waals surface area contributed by atoms with E-state index in [1.54, 1.807) is 11.3 Å². The lowest BCUT2D eigenvalue weighted by Gasteiger charge is -2.12. The van der Waals surface area contributed by atoms with Crippen molar-refractivity contribution in [3.8, 4) is 0 Å². The number of amides is 1. The Kier molecular flexibility index (Phi) is 4.72. The van der Waals surface area contributed by atoms with Gasteiger partial charge in [0, 0.05) is 16.3 Å². The number of aryl methyl sites for hydroxylation is 2. The van der Waals surface area contributed by atoms with Gasteiger partial charge in [-0.25, -0.2) is 0 Å². The summed E-state index contributed by atoms with van der Waals surface area (Å²) in [5.74, 6) is -0.178. The number of nitrogens with zero attached hydrogens (tertiary/aromatic N) is 2. The molecule has 2 aromatic rings. The number of aromatic nitrogens is 2. The molecule has 1 amide bonds. The fraction of sp³-hybridized carbons (Fsp3) is 0.462. The van der Waals surface area contributed by atoms with Gasteiger partial charge < -0.3 is 10.6 Å². The number of nitrogens with one attached hydrogen (secondary N) is 2. The van der Waals surface area contributed by atoms with Gasteiger partial charge in [0.1, 0.15) is 0 Å². The Morgan fingerprint density at radius 3 is 2.70 bits per heavy atom. The average Bonchev–Trinajstić information content (AvgIpc) is 2.96. The van der Waals surface area contributed by atoms with E-state index in [1.165, 1.54) is 21.1 Å². The number of thiophene rings is 1. The van der Waals surface area contributed by atoms with Crippen molar-refractivity contribution in [3.63, 3.8) is 0 Å². The topological polar surface area (TPSA) is 66.9 Å². The van der Waals surface area contributed by atoms with Gasteiger partial charge in [0.15, 0.2) is 0 Å². The lowest BCUT2D eigenvalue weighted by Crippen LogP contribution is -2.26. The molecule has 0 fully saturated rings. The van der Waals surface area contributed by atoms with Crippen molar-refractivity contribution in [1.82, 2.24) is 15.5 Å². The quantitative estimate of drug-likeness (QED) is 0.890. The maximum atomic E-state index is 12.1. The number of hydrogen-bond donors (Lipinski definition) is 2. The van der Waals surface area contributed by atoms with Crippen molar-refractivity contribution in [1.29, 1.82) is 0 Å². The van der Waals surface area contributed by atoms with E-state index in [0.717, 1.165) is 12.1 Å². The Bertz CT molecular complexity index is 605. The van der Waals surface area contributed by atoms with Gasteiger partial charge in [-0.3, -0.25) is 4.79 Å². The number of hydrogen-bond acceptors (Lipinski definition) is 6. The fourth-order valence-electron chi connectivity index (χ4n) is 1.95. The zero-order chi connectivity index (χ0) is 14.7. The molecular weight excluding hydrogens is 292 g/mol. The van der Waals surface area contributed by atoms with Crippen molar-refractivity contribution in [3.05, 3.63) is 26.4 Å². The predicted molar refractivity (Wildman–Crippen MR) is 83.7 cm³/mol. The minimum atomic E-state index is -0.178. The van der Waals surface area contributed by atoms with Gasteiger partial charge in [0.05, 0.1) is 6.04 Å². The van der Waals surface area contributed by atoms with E-state index in [9.17, 15) is 4.79 Å². The first-order valence-electron chi connectivity index (χ1n) is 6.46. The third kappa shape index (κ3) is 3.34. The molecular formula is C13H18N4OS2. The van der Waals surface area contributed by atoms with Crippen LogP contribution in [0.2, 0.25) is 0 Å². The zero-order valence-corrected chi connectivity index (χ0v) is 13.6. The van der Waals surface area contributed by atoms with Crippen molar-refractivity contribution in [2.75, 3.05) is 11.9 Å². The van der Waals surface area contributed by atoms with Crippen LogP contribution in [0.5, 0.6) is 0 Å². The molecule has 2 heterocycles. The zero-order valence-electron chi connectivity index (χ0n) is 12.0. The van der Waals surface area contributed by atoms with Gasteiger partial charge in [-0.15, -0.1) is 21.5 Å². The Balaban J connectivity index is 2.05. The molecule has 7 heteroatoms. The molecule has 0 aliphatic carbocycles. The summed E-state index contributed by atoms with van der Waals surface area (Å²) >= 11 is 3.01. The summed E-state index contributed by atoms with van der Waals surface area (Å²) < 4.78 is 0. The van der Waals surface area contributed by atoms with E-state index in [4.69, 9.17) is 0 Å². The first kappa shape index (κ1) is 14.9. The van der Waals surface area contributed by atoms with Crippen molar-refractivity contribution in [2.45, 2.75) is 33.7 Å². The Labute approximate surface area is 126 Å². The summed E-state index contributed by atoms with van der Waals surface area (Å²) in [5.41, 5.74) is 1.16. The molecule has 20 heavy (non-hydrogen) atoms. The number of anilines is 1. The molecule has 0 saturated carbocycles. The average molecular weight is 310 g/mol. The van der Waals surface area contributed by atoms with Crippen LogP contribution in [0.15, 0.2) is 6.07 Å². The molecule has 0 radical (unpaired) electrons.